The van der Waals surface area contributed by atoms with Gasteiger partial charge in [-0.25, -0.2) is 9.59 Å². The number of hydrogen-bond acceptors (Lipinski definition) is 8. The summed E-state index contributed by atoms with van der Waals surface area (Å²) in [6, 6.07) is 10.2. The first-order valence-electron chi connectivity index (χ1n) is 8.52. The summed E-state index contributed by atoms with van der Waals surface area (Å²) in [7, 11) is 0. The molecule has 0 aliphatic heterocycles. The van der Waals surface area contributed by atoms with Crippen molar-refractivity contribution in [1.29, 1.82) is 0 Å². The molecule has 0 amide bonds. The van der Waals surface area contributed by atoms with Crippen molar-refractivity contribution in [3.8, 4) is 17.2 Å². The van der Waals surface area contributed by atoms with E-state index in [1.807, 2.05) is 0 Å². The van der Waals surface area contributed by atoms with Crippen molar-refractivity contribution >= 4 is 24.1 Å². The van der Waals surface area contributed by atoms with Gasteiger partial charge in [-0.2, -0.15) is 0 Å². The predicted octanol–water partition coefficient (Wildman–Crippen LogP) is 1.98. The zero-order valence-electron chi connectivity index (χ0n) is 15.3. The topological polar surface area (TPSA) is 134 Å². The van der Waals surface area contributed by atoms with Crippen molar-refractivity contribution in [3.05, 3.63) is 65.7 Å². The summed E-state index contributed by atoms with van der Waals surface area (Å²) in [5.41, 5.74) is 1.15. The van der Waals surface area contributed by atoms with E-state index in [-0.39, 0.29) is 30.5 Å². The molecule has 0 bridgehead atoms. The number of carbonyl (C=O) groups is 2. The van der Waals surface area contributed by atoms with Gasteiger partial charge in [0.05, 0.1) is 0 Å². The van der Waals surface area contributed by atoms with Crippen LogP contribution in [0.4, 0.5) is 0 Å². The van der Waals surface area contributed by atoms with Gasteiger partial charge in [-0.05, 0) is 47.5 Å². The van der Waals surface area contributed by atoms with E-state index in [0.717, 1.165) is 6.08 Å². The highest BCUT2D eigenvalue weighted by atomic mass is 16.6. The highest BCUT2D eigenvalue weighted by Crippen LogP contribution is 2.25. The number of aliphatic hydroxyl groups is 1. The molecule has 0 saturated carbocycles. The first-order valence-corrected chi connectivity index (χ1v) is 8.52. The van der Waals surface area contributed by atoms with Gasteiger partial charge in [0, 0.05) is 12.2 Å². The zero-order valence-corrected chi connectivity index (χ0v) is 15.3. The molecule has 8 nitrogen and oxygen atoms in total. The summed E-state index contributed by atoms with van der Waals surface area (Å²) in [6.45, 7) is -0.736. The van der Waals surface area contributed by atoms with Gasteiger partial charge in [0.25, 0.3) is 0 Å². The molecule has 29 heavy (non-hydrogen) atoms. The molecule has 0 saturated heterocycles. The monoisotopic (exact) mass is 400 g/mol. The van der Waals surface area contributed by atoms with Crippen LogP contribution in [0.5, 0.6) is 17.2 Å². The van der Waals surface area contributed by atoms with E-state index in [1.165, 1.54) is 48.6 Å². The molecular formula is C21H20O8. The summed E-state index contributed by atoms with van der Waals surface area (Å²) in [5, 5.41) is 37.5. The van der Waals surface area contributed by atoms with Crippen LogP contribution in [0.15, 0.2) is 54.6 Å². The van der Waals surface area contributed by atoms with E-state index in [4.69, 9.17) is 9.47 Å². The first kappa shape index (κ1) is 21.5. The van der Waals surface area contributed by atoms with Crippen LogP contribution in [-0.2, 0) is 19.1 Å². The number of aromatic hydroxyl groups is 3. The van der Waals surface area contributed by atoms with E-state index in [9.17, 15) is 30.0 Å². The number of esters is 2. The maximum Gasteiger partial charge on any atom is 0.330 e. The lowest BCUT2D eigenvalue weighted by Crippen LogP contribution is -2.24. The molecule has 0 aliphatic rings. The molecule has 0 spiro atoms. The van der Waals surface area contributed by atoms with Crippen molar-refractivity contribution in [1.82, 2.24) is 0 Å². The Labute approximate surface area is 166 Å². The van der Waals surface area contributed by atoms with E-state index in [0.29, 0.717) is 11.1 Å². The summed E-state index contributed by atoms with van der Waals surface area (Å²) < 4.78 is 9.68. The van der Waals surface area contributed by atoms with Crippen molar-refractivity contribution < 1.29 is 39.5 Å². The van der Waals surface area contributed by atoms with Crippen LogP contribution in [0.1, 0.15) is 11.1 Å². The van der Waals surface area contributed by atoms with Gasteiger partial charge in [-0.3, -0.25) is 0 Å². The van der Waals surface area contributed by atoms with Crippen LogP contribution in [0, 0.1) is 0 Å². The number of carbonyl (C=O) groups excluding carboxylic acids is 2. The molecule has 0 aromatic heterocycles. The second kappa shape index (κ2) is 10.5. The normalized spacial score (nSPS) is 12.2. The third-order valence-electron chi connectivity index (χ3n) is 3.55. The van der Waals surface area contributed by atoms with E-state index >= 15 is 0 Å². The van der Waals surface area contributed by atoms with E-state index in [2.05, 4.69) is 0 Å². The van der Waals surface area contributed by atoms with Crippen LogP contribution in [0.25, 0.3) is 12.2 Å². The number of rotatable bonds is 8. The third kappa shape index (κ3) is 7.77. The summed E-state index contributed by atoms with van der Waals surface area (Å²) in [5.74, 6) is -1.92. The highest BCUT2D eigenvalue weighted by Gasteiger charge is 2.10. The van der Waals surface area contributed by atoms with Crippen molar-refractivity contribution in [3.63, 3.8) is 0 Å². The number of benzene rings is 2. The Balaban J connectivity index is 1.70. The van der Waals surface area contributed by atoms with Crippen LogP contribution in [0.3, 0.4) is 0 Å². The molecule has 0 fully saturated rings. The lowest BCUT2D eigenvalue weighted by molar-refractivity contribution is -0.146. The van der Waals surface area contributed by atoms with Crippen molar-refractivity contribution in [2.45, 2.75) is 6.10 Å². The molecule has 2 aromatic rings. The molecule has 1 atom stereocenters. The Hall–Kier alpha value is -3.78. The molecule has 152 valence electrons. The SMILES string of the molecule is O=C(C=Cc1ccc(O)cc1)OC[C@H](O)COC(=O)C=Cc1ccc(O)c(O)c1. The molecule has 0 radical (unpaired) electrons. The maximum absolute atomic E-state index is 11.6. The molecule has 2 rings (SSSR count). The minimum atomic E-state index is -1.20. The number of hydrogen-bond donors (Lipinski definition) is 4. The van der Waals surface area contributed by atoms with Gasteiger partial charge in [0.15, 0.2) is 11.5 Å². The molecule has 0 heterocycles. The molecular weight excluding hydrogens is 380 g/mol. The smallest absolute Gasteiger partial charge is 0.330 e. The largest absolute Gasteiger partial charge is 0.508 e. The fraction of sp³-hybridized carbons (Fsp3) is 0.143. The minimum Gasteiger partial charge on any atom is -0.508 e. The Kier molecular flexibility index (Phi) is 7.81. The van der Waals surface area contributed by atoms with Gasteiger partial charge in [-0.15, -0.1) is 0 Å². The van der Waals surface area contributed by atoms with Crippen LogP contribution < -0.4 is 0 Å². The number of ether oxygens (including phenoxy) is 2. The number of aliphatic hydroxyl groups excluding tert-OH is 1. The quantitative estimate of drug-likeness (QED) is 0.300. The second-order valence-corrected chi connectivity index (χ2v) is 5.92. The third-order valence-corrected chi connectivity index (χ3v) is 3.55. The molecule has 0 unspecified atom stereocenters. The van der Waals surface area contributed by atoms with Gasteiger partial charge in [0.1, 0.15) is 25.1 Å². The molecule has 2 aromatic carbocycles. The molecule has 4 N–H and O–H groups in total. The maximum atomic E-state index is 11.6. The zero-order chi connectivity index (χ0) is 21.2. The average Bonchev–Trinajstić information content (AvgIpc) is 2.71. The lowest BCUT2D eigenvalue weighted by atomic mass is 10.2. The Bertz CT molecular complexity index is 899. The number of phenols is 3. The second-order valence-electron chi connectivity index (χ2n) is 5.92. The summed E-state index contributed by atoms with van der Waals surface area (Å²) in [6.07, 6.45) is 3.91. The summed E-state index contributed by atoms with van der Waals surface area (Å²) in [4.78, 5) is 23.2. The lowest BCUT2D eigenvalue weighted by Gasteiger charge is -2.10. The van der Waals surface area contributed by atoms with Gasteiger partial charge in [0.2, 0.25) is 0 Å². The fourth-order valence-corrected chi connectivity index (χ4v) is 2.06. The van der Waals surface area contributed by atoms with Crippen LogP contribution in [0.2, 0.25) is 0 Å². The fourth-order valence-electron chi connectivity index (χ4n) is 2.06. The highest BCUT2D eigenvalue weighted by molar-refractivity contribution is 5.87. The van der Waals surface area contributed by atoms with Crippen LogP contribution >= 0.6 is 0 Å². The Morgan fingerprint density at radius 2 is 1.31 bits per heavy atom. The summed E-state index contributed by atoms with van der Waals surface area (Å²) >= 11 is 0. The van der Waals surface area contributed by atoms with Gasteiger partial charge >= 0.3 is 11.9 Å². The van der Waals surface area contributed by atoms with Crippen LogP contribution in [-0.4, -0.2) is 51.7 Å². The predicted molar refractivity (Wildman–Crippen MR) is 104 cm³/mol. The standard InChI is InChI=1S/C21H20O8/c22-16-6-1-14(2-7-16)4-9-20(26)28-12-17(23)13-29-21(27)10-5-15-3-8-18(24)19(25)11-15/h1-11,17,22-25H,12-13H2/t17-/m0/s1. The Morgan fingerprint density at radius 3 is 1.86 bits per heavy atom. The molecule has 0 aliphatic carbocycles. The van der Waals surface area contributed by atoms with Crippen molar-refractivity contribution in [2.75, 3.05) is 13.2 Å². The van der Waals surface area contributed by atoms with Gasteiger partial charge < -0.3 is 29.9 Å². The van der Waals surface area contributed by atoms with E-state index < -0.39 is 18.0 Å². The number of phenolic OH excluding ortho intramolecular Hbond substituents is 3. The van der Waals surface area contributed by atoms with Gasteiger partial charge in [-0.1, -0.05) is 18.2 Å². The van der Waals surface area contributed by atoms with E-state index in [1.54, 1.807) is 12.1 Å². The Morgan fingerprint density at radius 1 is 0.793 bits per heavy atom. The average molecular weight is 400 g/mol. The minimum absolute atomic E-state index is 0.110. The van der Waals surface area contributed by atoms with Crippen molar-refractivity contribution in [2.24, 2.45) is 0 Å². The first-order chi connectivity index (χ1) is 13.8. The molecule has 8 heteroatoms.